The van der Waals surface area contributed by atoms with Crippen LogP contribution >= 0.6 is 23.5 Å². The lowest BCUT2D eigenvalue weighted by Crippen LogP contribution is -2.23. The van der Waals surface area contributed by atoms with Crippen molar-refractivity contribution in [1.29, 1.82) is 0 Å². The van der Waals surface area contributed by atoms with Crippen LogP contribution in [-0.2, 0) is 0 Å². The summed E-state index contributed by atoms with van der Waals surface area (Å²) in [5.74, 6) is 1.17. The number of thioether (sulfide) groups is 2. The Bertz CT molecular complexity index is 1040. The first kappa shape index (κ1) is 14.5. The van der Waals surface area contributed by atoms with Crippen LogP contribution in [0.25, 0.3) is 10.8 Å². The van der Waals surface area contributed by atoms with Crippen LogP contribution in [0.1, 0.15) is 17.7 Å². The molecule has 0 nitrogen and oxygen atoms in total. The van der Waals surface area contributed by atoms with Gasteiger partial charge in [-0.3, -0.25) is 0 Å². The Morgan fingerprint density at radius 3 is 2.64 bits per heavy atom. The van der Waals surface area contributed by atoms with Gasteiger partial charge >= 0.3 is 0 Å². The van der Waals surface area contributed by atoms with Crippen molar-refractivity contribution >= 4 is 34.3 Å². The SMILES string of the molecule is CC1C2=C(C=C3C=CC=CC31)SC1c3cc4ccccc4cc3SC21. The van der Waals surface area contributed by atoms with Crippen molar-refractivity contribution in [2.24, 2.45) is 11.8 Å². The van der Waals surface area contributed by atoms with Gasteiger partial charge in [-0.25, -0.2) is 0 Å². The number of rotatable bonds is 0. The third kappa shape index (κ3) is 1.98. The first-order chi connectivity index (χ1) is 12.3. The normalized spacial score (nSPS) is 31.6. The van der Waals surface area contributed by atoms with Gasteiger partial charge in [-0.15, -0.1) is 23.5 Å². The maximum absolute atomic E-state index is 2.46. The van der Waals surface area contributed by atoms with Crippen molar-refractivity contribution in [3.05, 3.63) is 88.4 Å². The summed E-state index contributed by atoms with van der Waals surface area (Å²) in [7, 11) is 0. The van der Waals surface area contributed by atoms with Gasteiger partial charge in [-0.05, 0) is 51.6 Å². The monoisotopic (exact) mass is 358 g/mol. The fourth-order valence-electron chi connectivity index (χ4n) is 4.74. The Hall–Kier alpha value is -1.64. The molecule has 0 aromatic heterocycles. The predicted molar refractivity (Wildman–Crippen MR) is 110 cm³/mol. The van der Waals surface area contributed by atoms with Crippen LogP contribution in [0.4, 0.5) is 0 Å². The lowest BCUT2D eigenvalue weighted by Gasteiger charge is -2.31. The van der Waals surface area contributed by atoms with Crippen LogP contribution in [0.15, 0.2) is 87.7 Å². The molecule has 2 aromatic rings. The molecule has 6 rings (SSSR count). The second-order valence-electron chi connectivity index (χ2n) is 7.34. The highest BCUT2D eigenvalue weighted by molar-refractivity contribution is 8.07. The van der Waals surface area contributed by atoms with Gasteiger partial charge in [-0.2, -0.15) is 0 Å². The molecule has 25 heavy (non-hydrogen) atoms. The molecule has 4 aliphatic rings. The second kappa shape index (κ2) is 5.18. The molecular formula is C23H18S2. The summed E-state index contributed by atoms with van der Waals surface area (Å²) in [6, 6.07) is 13.6. The number of hydrogen-bond acceptors (Lipinski definition) is 2. The smallest absolute Gasteiger partial charge is 0.0516 e. The summed E-state index contributed by atoms with van der Waals surface area (Å²) in [6.45, 7) is 2.43. The number of allylic oxidation sites excluding steroid dienone is 6. The van der Waals surface area contributed by atoms with Gasteiger partial charge in [0.15, 0.2) is 0 Å². The van der Waals surface area contributed by atoms with E-state index in [4.69, 9.17) is 0 Å². The van der Waals surface area contributed by atoms with Crippen molar-refractivity contribution in [2.75, 3.05) is 0 Å². The number of benzene rings is 2. The highest BCUT2D eigenvalue weighted by Crippen LogP contribution is 2.64. The van der Waals surface area contributed by atoms with Crippen molar-refractivity contribution in [2.45, 2.75) is 22.3 Å². The van der Waals surface area contributed by atoms with Crippen LogP contribution in [0.3, 0.4) is 0 Å². The van der Waals surface area contributed by atoms with E-state index < -0.39 is 0 Å². The average molecular weight is 359 g/mol. The van der Waals surface area contributed by atoms with Gasteiger partial charge < -0.3 is 0 Å². The summed E-state index contributed by atoms with van der Waals surface area (Å²) in [5, 5.41) is 3.94. The van der Waals surface area contributed by atoms with Gasteiger partial charge in [0.2, 0.25) is 0 Å². The van der Waals surface area contributed by atoms with Crippen LogP contribution in [0.2, 0.25) is 0 Å². The topological polar surface area (TPSA) is 0 Å². The molecule has 0 amide bonds. The molecule has 2 heteroatoms. The summed E-state index contributed by atoms with van der Waals surface area (Å²) >= 11 is 4.20. The van der Waals surface area contributed by atoms with Crippen molar-refractivity contribution < 1.29 is 0 Å². The van der Waals surface area contributed by atoms with Gasteiger partial charge in [0.25, 0.3) is 0 Å². The minimum Gasteiger partial charge on any atom is -0.116 e. The molecule has 2 aromatic carbocycles. The maximum atomic E-state index is 2.46. The average Bonchev–Trinajstić information content (AvgIpc) is 3.15. The van der Waals surface area contributed by atoms with Crippen molar-refractivity contribution in [3.63, 3.8) is 0 Å². The van der Waals surface area contributed by atoms with E-state index in [2.05, 4.69) is 97.2 Å². The third-order valence-corrected chi connectivity index (χ3v) is 8.94. The zero-order chi connectivity index (χ0) is 16.5. The molecular weight excluding hydrogens is 340 g/mol. The van der Waals surface area contributed by atoms with E-state index in [0.717, 1.165) is 0 Å². The first-order valence-electron chi connectivity index (χ1n) is 8.96. The summed E-state index contributed by atoms with van der Waals surface area (Å²) < 4.78 is 0. The Morgan fingerprint density at radius 2 is 1.76 bits per heavy atom. The lowest BCUT2D eigenvalue weighted by atomic mass is 9.75. The van der Waals surface area contributed by atoms with E-state index in [0.29, 0.717) is 22.3 Å². The highest BCUT2D eigenvalue weighted by atomic mass is 32.2. The number of fused-ring (bicyclic) bond motifs is 6. The van der Waals surface area contributed by atoms with Crippen LogP contribution < -0.4 is 0 Å². The lowest BCUT2D eigenvalue weighted by molar-refractivity contribution is 0.536. The Labute approximate surface area is 156 Å². The molecule has 122 valence electrons. The maximum Gasteiger partial charge on any atom is 0.0516 e. The fraction of sp³-hybridized carbons (Fsp3) is 0.217. The molecule has 0 radical (unpaired) electrons. The quantitative estimate of drug-likeness (QED) is 0.515. The van der Waals surface area contributed by atoms with Gasteiger partial charge in [0, 0.05) is 21.0 Å². The van der Waals surface area contributed by atoms with E-state index in [1.807, 2.05) is 0 Å². The fourth-order valence-corrected chi connectivity index (χ4v) is 8.27. The van der Waals surface area contributed by atoms with E-state index >= 15 is 0 Å². The van der Waals surface area contributed by atoms with E-state index in [-0.39, 0.29) is 0 Å². The van der Waals surface area contributed by atoms with E-state index in [1.54, 1.807) is 16.0 Å². The summed E-state index contributed by atoms with van der Waals surface area (Å²) in [5.41, 5.74) is 4.73. The molecule has 4 unspecified atom stereocenters. The highest BCUT2D eigenvalue weighted by Gasteiger charge is 2.46. The van der Waals surface area contributed by atoms with Crippen molar-refractivity contribution in [3.8, 4) is 0 Å². The van der Waals surface area contributed by atoms with E-state index in [9.17, 15) is 0 Å². The minimum atomic E-state index is 0.562. The molecule has 0 saturated carbocycles. The molecule has 2 aliphatic carbocycles. The Balaban J connectivity index is 1.46. The second-order valence-corrected chi connectivity index (χ2v) is 9.70. The van der Waals surface area contributed by atoms with Crippen LogP contribution in [0, 0.1) is 11.8 Å². The molecule has 4 atom stereocenters. The Morgan fingerprint density at radius 1 is 0.920 bits per heavy atom. The Kier molecular flexibility index (Phi) is 3.01. The molecule has 2 heterocycles. The molecule has 2 aliphatic heterocycles. The summed E-state index contributed by atoms with van der Waals surface area (Å²) in [6.07, 6.45) is 11.5. The molecule has 0 saturated heterocycles. The van der Waals surface area contributed by atoms with Gasteiger partial charge in [-0.1, -0.05) is 55.5 Å². The third-order valence-electron chi connectivity index (χ3n) is 5.99. The van der Waals surface area contributed by atoms with Crippen molar-refractivity contribution in [1.82, 2.24) is 0 Å². The van der Waals surface area contributed by atoms with E-state index in [1.165, 1.54) is 21.2 Å². The van der Waals surface area contributed by atoms with Gasteiger partial charge in [0.1, 0.15) is 0 Å². The summed E-state index contributed by atoms with van der Waals surface area (Å²) in [4.78, 5) is 3.04. The molecule has 0 bridgehead atoms. The molecule has 0 spiro atoms. The number of hydrogen-bond donors (Lipinski definition) is 0. The molecule has 0 fully saturated rings. The minimum absolute atomic E-state index is 0.562. The zero-order valence-electron chi connectivity index (χ0n) is 14.0. The van der Waals surface area contributed by atoms with Gasteiger partial charge in [0.05, 0.1) is 5.25 Å². The van der Waals surface area contributed by atoms with Crippen LogP contribution in [0.5, 0.6) is 0 Å². The largest absolute Gasteiger partial charge is 0.116 e. The van der Waals surface area contributed by atoms with Crippen LogP contribution in [-0.4, -0.2) is 5.25 Å². The molecule has 0 N–H and O–H groups in total. The zero-order valence-corrected chi connectivity index (χ0v) is 15.6. The predicted octanol–water partition coefficient (Wildman–Crippen LogP) is 6.67. The standard InChI is InChI=1S/C23H18S2/c1-13-17-9-5-4-8-16(17)12-20-21(13)23-22(25-20)18-10-14-6-2-3-7-15(14)11-19(18)24-23/h2-13,17,22-23H,1H3. The first-order valence-corrected chi connectivity index (χ1v) is 10.7.